The Morgan fingerprint density at radius 1 is 1.22 bits per heavy atom. The second-order valence-electron chi connectivity index (χ2n) is 4.81. The van der Waals surface area contributed by atoms with E-state index in [9.17, 15) is 18.0 Å². The Bertz CT molecular complexity index is 822. The molecule has 0 aliphatic heterocycles. The molecule has 0 aliphatic rings. The summed E-state index contributed by atoms with van der Waals surface area (Å²) in [4.78, 5) is 15.4. The molecule has 0 unspecified atom stereocenters. The number of aromatic nitrogens is 2. The van der Waals surface area contributed by atoms with Crippen LogP contribution in [0.5, 0.6) is 0 Å². The predicted octanol–water partition coefficient (Wildman–Crippen LogP) is 3.08. The largest absolute Gasteiger partial charge is 0.459 e. The minimum absolute atomic E-state index is 0.0168. The molecule has 5 nitrogen and oxygen atoms in total. The molecule has 3 rings (SSSR count). The molecule has 0 atom stereocenters. The summed E-state index contributed by atoms with van der Waals surface area (Å²) in [6.07, 6.45) is -3.22. The number of halogens is 3. The van der Waals surface area contributed by atoms with E-state index in [1.54, 1.807) is 24.3 Å². The Labute approximate surface area is 128 Å². The van der Waals surface area contributed by atoms with Crippen molar-refractivity contribution >= 4 is 16.9 Å². The average Bonchev–Trinajstić information content (AvgIpc) is 3.14. The van der Waals surface area contributed by atoms with Gasteiger partial charge in [-0.2, -0.15) is 13.2 Å². The van der Waals surface area contributed by atoms with Gasteiger partial charge in [-0.3, -0.25) is 4.79 Å². The van der Waals surface area contributed by atoms with Crippen LogP contribution in [0.15, 0.2) is 47.1 Å². The third-order valence-corrected chi connectivity index (χ3v) is 3.27. The van der Waals surface area contributed by atoms with Crippen molar-refractivity contribution in [2.45, 2.75) is 12.7 Å². The van der Waals surface area contributed by atoms with Crippen LogP contribution in [0.3, 0.4) is 0 Å². The van der Waals surface area contributed by atoms with Crippen LogP contribution < -0.4 is 5.32 Å². The highest BCUT2D eigenvalue weighted by Crippen LogP contribution is 2.31. The third kappa shape index (κ3) is 3.05. The first-order chi connectivity index (χ1) is 11.0. The molecule has 1 amide bonds. The van der Waals surface area contributed by atoms with Gasteiger partial charge in [-0.05, 0) is 24.3 Å². The monoisotopic (exact) mass is 323 g/mol. The number of nitrogens with zero attached hydrogens (tertiary/aromatic N) is 2. The Morgan fingerprint density at radius 3 is 2.70 bits per heavy atom. The highest BCUT2D eigenvalue weighted by molar-refractivity contribution is 5.91. The number of alkyl halides is 3. The molecule has 0 spiro atoms. The van der Waals surface area contributed by atoms with Gasteiger partial charge < -0.3 is 14.3 Å². The fourth-order valence-electron chi connectivity index (χ4n) is 2.29. The maximum Gasteiger partial charge on any atom is 0.449 e. The molecule has 0 saturated carbocycles. The van der Waals surface area contributed by atoms with E-state index in [2.05, 4.69) is 10.3 Å². The second kappa shape index (κ2) is 5.79. The number of benzene rings is 1. The minimum Gasteiger partial charge on any atom is -0.459 e. The van der Waals surface area contributed by atoms with E-state index in [1.807, 2.05) is 0 Å². The molecule has 120 valence electrons. The standard InChI is InChI=1S/C15H12F3N3O2/c16-15(17,18)14-20-10-4-1-2-5-11(10)21(14)8-7-19-13(22)12-6-3-9-23-12/h1-6,9H,7-8H2,(H,19,22). The predicted molar refractivity (Wildman–Crippen MR) is 75.8 cm³/mol. The SMILES string of the molecule is O=C(NCCn1c(C(F)(F)F)nc2ccccc21)c1ccco1. The lowest BCUT2D eigenvalue weighted by atomic mass is 10.3. The molecule has 1 N–H and O–H groups in total. The van der Waals surface area contributed by atoms with Crippen LogP contribution in [-0.4, -0.2) is 22.0 Å². The van der Waals surface area contributed by atoms with Gasteiger partial charge in [0, 0.05) is 13.1 Å². The van der Waals surface area contributed by atoms with Crippen molar-refractivity contribution in [1.82, 2.24) is 14.9 Å². The number of fused-ring (bicyclic) bond motifs is 1. The van der Waals surface area contributed by atoms with Gasteiger partial charge in [0.1, 0.15) is 0 Å². The zero-order valence-corrected chi connectivity index (χ0v) is 11.8. The molecule has 8 heteroatoms. The average molecular weight is 323 g/mol. The second-order valence-corrected chi connectivity index (χ2v) is 4.81. The lowest BCUT2D eigenvalue weighted by Crippen LogP contribution is -2.28. The summed E-state index contributed by atoms with van der Waals surface area (Å²) in [5.74, 6) is -1.35. The highest BCUT2D eigenvalue weighted by atomic mass is 19.4. The molecular formula is C15H12F3N3O2. The third-order valence-electron chi connectivity index (χ3n) is 3.27. The van der Waals surface area contributed by atoms with Crippen LogP contribution in [0.25, 0.3) is 11.0 Å². The number of para-hydroxylation sites is 2. The van der Waals surface area contributed by atoms with Gasteiger partial charge in [-0.25, -0.2) is 4.98 Å². The number of rotatable bonds is 4. The fraction of sp³-hybridized carbons (Fsp3) is 0.200. The topological polar surface area (TPSA) is 60.1 Å². The molecular weight excluding hydrogens is 311 g/mol. The molecule has 0 radical (unpaired) electrons. The van der Waals surface area contributed by atoms with E-state index in [-0.39, 0.29) is 24.4 Å². The van der Waals surface area contributed by atoms with E-state index in [0.717, 1.165) is 4.57 Å². The zero-order chi connectivity index (χ0) is 16.4. The molecule has 2 heterocycles. The molecule has 3 aromatic rings. The molecule has 0 saturated heterocycles. The maximum atomic E-state index is 13.1. The van der Waals surface area contributed by atoms with E-state index in [1.165, 1.54) is 18.4 Å². The number of nitrogens with one attached hydrogen (secondary N) is 1. The van der Waals surface area contributed by atoms with Crippen LogP contribution in [0.4, 0.5) is 13.2 Å². The summed E-state index contributed by atoms with van der Waals surface area (Å²) in [5.41, 5.74) is 0.629. The minimum atomic E-state index is -4.57. The smallest absolute Gasteiger partial charge is 0.449 e. The number of hydrogen-bond acceptors (Lipinski definition) is 3. The summed E-state index contributed by atoms with van der Waals surface area (Å²) in [6, 6.07) is 9.37. The van der Waals surface area contributed by atoms with Crippen molar-refractivity contribution in [2.24, 2.45) is 0 Å². The number of imidazole rings is 1. The normalized spacial score (nSPS) is 11.8. The first-order valence-corrected chi connectivity index (χ1v) is 6.81. The number of carbonyl (C=O) groups is 1. The van der Waals surface area contributed by atoms with Crippen LogP contribution in [0, 0.1) is 0 Å². The summed E-state index contributed by atoms with van der Waals surface area (Å²) in [5, 5.41) is 2.52. The zero-order valence-electron chi connectivity index (χ0n) is 11.8. The summed E-state index contributed by atoms with van der Waals surface area (Å²) >= 11 is 0. The van der Waals surface area contributed by atoms with Crippen molar-refractivity contribution in [3.8, 4) is 0 Å². The van der Waals surface area contributed by atoms with Gasteiger partial charge in [0.05, 0.1) is 17.3 Å². The van der Waals surface area contributed by atoms with Gasteiger partial charge >= 0.3 is 6.18 Å². The van der Waals surface area contributed by atoms with E-state index < -0.39 is 17.9 Å². The van der Waals surface area contributed by atoms with Crippen molar-refractivity contribution in [1.29, 1.82) is 0 Å². The van der Waals surface area contributed by atoms with E-state index in [4.69, 9.17) is 4.42 Å². The lowest BCUT2D eigenvalue weighted by molar-refractivity contribution is -0.146. The highest BCUT2D eigenvalue weighted by Gasteiger charge is 2.37. The number of amides is 1. The van der Waals surface area contributed by atoms with Crippen molar-refractivity contribution in [3.63, 3.8) is 0 Å². The van der Waals surface area contributed by atoms with Gasteiger partial charge in [-0.1, -0.05) is 12.1 Å². The quantitative estimate of drug-likeness (QED) is 0.803. The van der Waals surface area contributed by atoms with Crippen molar-refractivity contribution < 1.29 is 22.4 Å². The molecule has 0 aliphatic carbocycles. The lowest BCUT2D eigenvalue weighted by Gasteiger charge is -2.11. The summed E-state index contributed by atoms with van der Waals surface area (Å²) < 4.78 is 45.3. The van der Waals surface area contributed by atoms with Gasteiger partial charge in [-0.15, -0.1) is 0 Å². The first kappa shape index (κ1) is 15.1. The molecule has 0 bridgehead atoms. The maximum absolute atomic E-state index is 13.1. The summed E-state index contributed by atoms with van der Waals surface area (Å²) in [6.45, 7) is -0.0369. The van der Waals surface area contributed by atoms with Crippen LogP contribution in [0.1, 0.15) is 16.4 Å². The van der Waals surface area contributed by atoms with Gasteiger partial charge in [0.25, 0.3) is 5.91 Å². The Balaban J connectivity index is 1.80. The Morgan fingerprint density at radius 2 is 2.00 bits per heavy atom. The number of carbonyl (C=O) groups excluding carboxylic acids is 1. The van der Waals surface area contributed by atoms with E-state index in [0.29, 0.717) is 5.52 Å². The Hall–Kier alpha value is -2.77. The molecule has 23 heavy (non-hydrogen) atoms. The van der Waals surface area contributed by atoms with Crippen LogP contribution in [0.2, 0.25) is 0 Å². The summed E-state index contributed by atoms with van der Waals surface area (Å²) in [7, 11) is 0. The number of hydrogen-bond donors (Lipinski definition) is 1. The molecule has 2 aromatic heterocycles. The fourth-order valence-corrected chi connectivity index (χ4v) is 2.29. The van der Waals surface area contributed by atoms with Gasteiger partial charge in [0.15, 0.2) is 5.76 Å². The van der Waals surface area contributed by atoms with Crippen molar-refractivity contribution in [3.05, 3.63) is 54.2 Å². The van der Waals surface area contributed by atoms with Crippen LogP contribution >= 0.6 is 0 Å². The Kier molecular flexibility index (Phi) is 3.81. The van der Waals surface area contributed by atoms with Crippen LogP contribution in [-0.2, 0) is 12.7 Å². The van der Waals surface area contributed by atoms with E-state index >= 15 is 0 Å². The molecule has 0 fully saturated rings. The number of furan rings is 1. The first-order valence-electron chi connectivity index (χ1n) is 6.81. The van der Waals surface area contributed by atoms with Crippen molar-refractivity contribution in [2.75, 3.05) is 6.54 Å². The van der Waals surface area contributed by atoms with Gasteiger partial charge in [0.2, 0.25) is 5.82 Å². The molecule has 1 aromatic carbocycles.